The molecule has 0 aliphatic rings. The third kappa shape index (κ3) is 1.89. The van der Waals surface area contributed by atoms with E-state index in [0.29, 0.717) is 11.2 Å². The lowest BCUT2D eigenvalue weighted by Crippen LogP contribution is -2.20. The van der Waals surface area contributed by atoms with E-state index in [1.807, 2.05) is 23.8 Å². The smallest absolute Gasteiger partial charge is 0.271 e. The number of hydrogen-bond donors (Lipinski definition) is 0. The van der Waals surface area contributed by atoms with Crippen LogP contribution in [-0.2, 0) is 6.54 Å². The molecule has 3 aromatic heterocycles. The van der Waals surface area contributed by atoms with Crippen molar-refractivity contribution in [3.63, 3.8) is 0 Å². The lowest BCUT2D eigenvalue weighted by Gasteiger charge is -2.01. The first-order valence-corrected chi connectivity index (χ1v) is 6.83. The Morgan fingerprint density at radius 1 is 1.41 bits per heavy atom. The highest BCUT2D eigenvalue weighted by atomic mass is 32.1. The average Bonchev–Trinajstić information content (AvgIpc) is 2.92. The van der Waals surface area contributed by atoms with E-state index in [0.717, 1.165) is 16.2 Å². The summed E-state index contributed by atoms with van der Waals surface area (Å²) in [5, 5.41) is 4.80. The van der Waals surface area contributed by atoms with Crippen molar-refractivity contribution in [3.05, 3.63) is 44.2 Å². The zero-order valence-electron chi connectivity index (χ0n) is 9.08. The molecule has 0 N–H and O–H groups in total. The van der Waals surface area contributed by atoms with E-state index in [1.165, 1.54) is 11.3 Å². The summed E-state index contributed by atoms with van der Waals surface area (Å²) in [6.07, 6.45) is 1.59. The number of aryl methyl sites for hydroxylation is 1. The van der Waals surface area contributed by atoms with Crippen molar-refractivity contribution in [3.8, 4) is 0 Å². The summed E-state index contributed by atoms with van der Waals surface area (Å²) >= 11 is 3.00. The van der Waals surface area contributed by atoms with Gasteiger partial charge in [-0.2, -0.15) is 0 Å². The minimum Gasteiger partial charge on any atom is -0.291 e. The Balaban J connectivity index is 2.06. The van der Waals surface area contributed by atoms with E-state index in [4.69, 9.17) is 0 Å². The summed E-state index contributed by atoms with van der Waals surface area (Å²) in [5.41, 5.74) is 1.77. The average molecular weight is 263 g/mol. The normalized spacial score (nSPS) is 11.1. The molecule has 0 radical (unpaired) electrons. The van der Waals surface area contributed by atoms with E-state index in [1.54, 1.807) is 22.2 Å². The van der Waals surface area contributed by atoms with Gasteiger partial charge < -0.3 is 0 Å². The van der Waals surface area contributed by atoms with Crippen LogP contribution in [0.3, 0.4) is 0 Å². The molecule has 17 heavy (non-hydrogen) atoms. The second kappa shape index (κ2) is 4.05. The lowest BCUT2D eigenvalue weighted by atomic mass is 10.4. The van der Waals surface area contributed by atoms with Gasteiger partial charge in [-0.3, -0.25) is 9.36 Å². The summed E-state index contributed by atoms with van der Waals surface area (Å²) in [4.78, 5) is 20.7. The van der Waals surface area contributed by atoms with Crippen LogP contribution in [0.1, 0.15) is 10.7 Å². The maximum Gasteiger partial charge on any atom is 0.271 e. The van der Waals surface area contributed by atoms with E-state index in [-0.39, 0.29) is 5.56 Å². The fraction of sp³-hybridized carbons (Fsp3) is 0.182. The quantitative estimate of drug-likeness (QED) is 0.712. The van der Waals surface area contributed by atoms with Gasteiger partial charge in [0.25, 0.3) is 5.56 Å². The molecule has 0 aliphatic carbocycles. The summed E-state index contributed by atoms with van der Waals surface area (Å²) < 4.78 is 2.32. The van der Waals surface area contributed by atoms with Gasteiger partial charge in [0, 0.05) is 11.1 Å². The number of thiophene rings is 1. The number of nitrogens with zero attached hydrogens (tertiary/aromatic N) is 3. The largest absolute Gasteiger partial charge is 0.291 e. The summed E-state index contributed by atoms with van der Waals surface area (Å²) in [7, 11) is 0. The van der Waals surface area contributed by atoms with Gasteiger partial charge in [0.05, 0.1) is 18.4 Å². The molecule has 0 aromatic carbocycles. The first kappa shape index (κ1) is 10.6. The predicted octanol–water partition coefficient (Wildman–Crippen LogP) is 2.27. The monoisotopic (exact) mass is 263 g/mol. The lowest BCUT2D eigenvalue weighted by molar-refractivity contribution is 0.743. The molecule has 86 valence electrons. The zero-order chi connectivity index (χ0) is 11.8. The van der Waals surface area contributed by atoms with Crippen molar-refractivity contribution in [2.24, 2.45) is 0 Å². The number of hydrogen-bond acceptors (Lipinski definition) is 5. The van der Waals surface area contributed by atoms with Crippen LogP contribution in [-0.4, -0.2) is 14.5 Å². The third-order valence-electron chi connectivity index (χ3n) is 2.41. The zero-order valence-corrected chi connectivity index (χ0v) is 10.7. The summed E-state index contributed by atoms with van der Waals surface area (Å²) in [5.74, 6) is 0. The molecule has 0 unspecified atom stereocenters. The van der Waals surface area contributed by atoms with E-state index in [2.05, 4.69) is 9.97 Å². The second-order valence-corrected chi connectivity index (χ2v) is 5.55. The highest BCUT2D eigenvalue weighted by Gasteiger charge is 2.07. The second-order valence-electron chi connectivity index (χ2n) is 3.70. The van der Waals surface area contributed by atoms with Gasteiger partial charge in [-0.15, -0.1) is 22.7 Å². The molecule has 0 fully saturated rings. The minimum atomic E-state index is 0.0119. The molecule has 0 aliphatic heterocycles. The Morgan fingerprint density at radius 3 is 3.06 bits per heavy atom. The molecule has 0 atom stereocenters. The Kier molecular flexibility index (Phi) is 2.53. The molecule has 0 bridgehead atoms. The molecule has 3 heterocycles. The van der Waals surface area contributed by atoms with Gasteiger partial charge in [-0.1, -0.05) is 0 Å². The fourth-order valence-electron chi connectivity index (χ4n) is 1.61. The van der Waals surface area contributed by atoms with Gasteiger partial charge in [-0.25, -0.2) is 9.97 Å². The number of rotatable bonds is 2. The first-order valence-electron chi connectivity index (χ1n) is 5.08. The van der Waals surface area contributed by atoms with E-state index < -0.39 is 0 Å². The molecule has 4 nitrogen and oxygen atoms in total. The van der Waals surface area contributed by atoms with Crippen molar-refractivity contribution < 1.29 is 0 Å². The third-order valence-corrected chi connectivity index (χ3v) is 4.25. The van der Waals surface area contributed by atoms with Gasteiger partial charge >= 0.3 is 0 Å². The molecule has 0 amide bonds. The van der Waals surface area contributed by atoms with Crippen molar-refractivity contribution >= 4 is 32.9 Å². The first-order chi connectivity index (χ1) is 8.24. The van der Waals surface area contributed by atoms with Gasteiger partial charge in [0.15, 0.2) is 0 Å². The fourth-order valence-corrected chi connectivity index (χ4v) is 3.17. The van der Waals surface area contributed by atoms with Crippen LogP contribution in [0, 0.1) is 6.92 Å². The van der Waals surface area contributed by atoms with E-state index >= 15 is 0 Å². The molecule has 6 heteroatoms. The number of fused-ring (bicyclic) bond motifs is 1. The van der Waals surface area contributed by atoms with Crippen molar-refractivity contribution in [2.75, 3.05) is 0 Å². The number of aromatic nitrogens is 3. The molecule has 0 saturated heterocycles. The topological polar surface area (TPSA) is 47.8 Å². The van der Waals surface area contributed by atoms with Crippen molar-refractivity contribution in [1.82, 2.24) is 14.5 Å². The maximum atomic E-state index is 12.1. The standard InChI is InChI=1S/C11H9N3OS2/c1-7-5-17-9(13-7)4-14-6-12-8-2-3-16-10(8)11(14)15/h2-3,5-6H,4H2,1H3. The molecule has 0 saturated carbocycles. The summed E-state index contributed by atoms with van der Waals surface area (Å²) in [6.45, 7) is 2.45. The van der Waals surface area contributed by atoms with Crippen molar-refractivity contribution in [2.45, 2.75) is 13.5 Å². The van der Waals surface area contributed by atoms with Gasteiger partial charge in [0.1, 0.15) is 9.71 Å². The van der Waals surface area contributed by atoms with Crippen LogP contribution < -0.4 is 5.56 Å². The van der Waals surface area contributed by atoms with Crippen LogP contribution >= 0.6 is 22.7 Å². The van der Waals surface area contributed by atoms with Crippen LogP contribution in [0.4, 0.5) is 0 Å². The Labute approximate surface area is 105 Å². The maximum absolute atomic E-state index is 12.1. The van der Waals surface area contributed by atoms with Crippen LogP contribution in [0.15, 0.2) is 27.9 Å². The van der Waals surface area contributed by atoms with Crippen LogP contribution in [0.25, 0.3) is 10.2 Å². The molecule has 3 aromatic rings. The highest BCUT2D eigenvalue weighted by Crippen LogP contribution is 2.14. The summed E-state index contributed by atoms with van der Waals surface area (Å²) in [6, 6.07) is 1.86. The minimum absolute atomic E-state index is 0.0119. The van der Waals surface area contributed by atoms with Crippen molar-refractivity contribution in [1.29, 1.82) is 0 Å². The van der Waals surface area contributed by atoms with Gasteiger partial charge in [-0.05, 0) is 18.4 Å². The predicted molar refractivity (Wildman–Crippen MR) is 69.8 cm³/mol. The SMILES string of the molecule is Cc1csc(Cn2cnc3ccsc3c2=O)n1. The molecular formula is C11H9N3OS2. The van der Waals surface area contributed by atoms with Crippen LogP contribution in [0.2, 0.25) is 0 Å². The van der Waals surface area contributed by atoms with Crippen LogP contribution in [0.5, 0.6) is 0 Å². The molecule has 3 rings (SSSR count). The molecular weight excluding hydrogens is 254 g/mol. The van der Waals surface area contributed by atoms with Gasteiger partial charge in [0.2, 0.25) is 0 Å². The highest BCUT2D eigenvalue weighted by molar-refractivity contribution is 7.17. The molecule has 0 spiro atoms. The number of thiazole rings is 1. The van der Waals surface area contributed by atoms with E-state index in [9.17, 15) is 4.79 Å². The Hall–Kier alpha value is -1.53. The Bertz CT molecular complexity index is 725. The Morgan fingerprint density at radius 2 is 2.29 bits per heavy atom.